The Labute approximate surface area is 189 Å². The summed E-state index contributed by atoms with van der Waals surface area (Å²) in [7, 11) is 0. The lowest BCUT2D eigenvalue weighted by Gasteiger charge is -2.26. The fourth-order valence-electron chi connectivity index (χ4n) is 4.35. The predicted molar refractivity (Wildman–Crippen MR) is 121 cm³/mol. The molecule has 3 aliphatic heterocycles. The third-order valence-corrected chi connectivity index (χ3v) is 6.59. The van der Waals surface area contributed by atoms with Gasteiger partial charge in [0.15, 0.2) is 17.3 Å². The molecule has 0 bridgehead atoms. The third-order valence-electron chi connectivity index (χ3n) is 5.95. The van der Waals surface area contributed by atoms with Crippen molar-refractivity contribution in [1.82, 2.24) is 10.2 Å². The molecule has 0 saturated heterocycles. The molecule has 0 radical (unpaired) electrons. The van der Waals surface area contributed by atoms with Gasteiger partial charge in [0, 0.05) is 23.9 Å². The van der Waals surface area contributed by atoms with Crippen LogP contribution in [0.5, 0.6) is 11.5 Å². The number of thioether (sulfide) groups is 1. The molecule has 2 amide bonds. The first-order valence-electron chi connectivity index (χ1n) is 10.5. The number of ketones is 1. The smallest absolute Gasteiger partial charge is 0.262 e. The number of fused-ring (bicyclic) bond motifs is 3. The first-order chi connectivity index (χ1) is 15.6. The zero-order valence-electron chi connectivity index (χ0n) is 17.6. The van der Waals surface area contributed by atoms with Crippen molar-refractivity contribution in [3.05, 3.63) is 64.7 Å². The van der Waals surface area contributed by atoms with Crippen LogP contribution in [0, 0.1) is 0 Å². The summed E-state index contributed by atoms with van der Waals surface area (Å²) in [5.41, 5.74) is 3.30. The van der Waals surface area contributed by atoms with Gasteiger partial charge in [-0.15, -0.1) is 0 Å². The average molecular weight is 451 g/mol. The van der Waals surface area contributed by atoms with Crippen LogP contribution in [0.2, 0.25) is 0 Å². The van der Waals surface area contributed by atoms with Crippen LogP contribution in [0.25, 0.3) is 5.70 Å². The van der Waals surface area contributed by atoms with Gasteiger partial charge in [0.1, 0.15) is 6.04 Å². The minimum Gasteiger partial charge on any atom is -0.454 e. The van der Waals surface area contributed by atoms with Crippen LogP contribution < -0.4 is 14.8 Å². The molecule has 0 unspecified atom stereocenters. The van der Waals surface area contributed by atoms with Gasteiger partial charge in [-0.25, -0.2) is 0 Å². The largest absolute Gasteiger partial charge is 0.454 e. The van der Waals surface area contributed by atoms with E-state index >= 15 is 0 Å². The SMILES string of the molecule is CSCC[C@H](C(=O)/C=C1\NCCc2cc3c(cc21)OCO3)N1C(=O)c2ccccc2C1=O. The third kappa shape index (κ3) is 3.44. The van der Waals surface area contributed by atoms with Crippen LogP contribution in [0.15, 0.2) is 42.5 Å². The van der Waals surface area contributed by atoms with Crippen LogP contribution in [0.3, 0.4) is 0 Å². The van der Waals surface area contributed by atoms with Crippen LogP contribution in [0.1, 0.15) is 38.3 Å². The highest BCUT2D eigenvalue weighted by Gasteiger charge is 2.42. The van der Waals surface area contributed by atoms with Crippen LogP contribution in [-0.2, 0) is 11.2 Å². The lowest BCUT2D eigenvalue weighted by Crippen LogP contribution is -2.45. The Kier molecular flexibility index (Phi) is 5.38. The fraction of sp³-hybridized carbons (Fsp3) is 0.292. The molecular formula is C24H22N2O5S. The van der Waals surface area contributed by atoms with E-state index in [0.717, 1.165) is 22.4 Å². The minimum atomic E-state index is -0.858. The Morgan fingerprint density at radius 1 is 1.12 bits per heavy atom. The van der Waals surface area contributed by atoms with E-state index in [4.69, 9.17) is 9.47 Å². The van der Waals surface area contributed by atoms with Gasteiger partial charge in [-0.2, -0.15) is 11.8 Å². The van der Waals surface area contributed by atoms with Gasteiger partial charge < -0.3 is 14.8 Å². The van der Waals surface area contributed by atoms with Gasteiger partial charge in [-0.3, -0.25) is 19.3 Å². The fourth-order valence-corrected chi connectivity index (χ4v) is 4.81. The molecule has 0 aromatic heterocycles. The van der Waals surface area contributed by atoms with Crippen molar-refractivity contribution in [2.45, 2.75) is 18.9 Å². The summed E-state index contributed by atoms with van der Waals surface area (Å²) in [6.45, 7) is 0.856. The summed E-state index contributed by atoms with van der Waals surface area (Å²) in [5, 5.41) is 3.29. The minimum absolute atomic E-state index is 0.181. The highest BCUT2D eigenvalue weighted by Crippen LogP contribution is 2.38. The zero-order chi connectivity index (χ0) is 22.2. The van der Waals surface area contributed by atoms with Crippen molar-refractivity contribution in [2.75, 3.05) is 25.3 Å². The maximum atomic E-state index is 13.5. The van der Waals surface area contributed by atoms with Crippen molar-refractivity contribution in [1.29, 1.82) is 0 Å². The number of rotatable bonds is 6. The second kappa shape index (κ2) is 8.35. The van der Waals surface area contributed by atoms with Crippen molar-refractivity contribution in [3.8, 4) is 11.5 Å². The van der Waals surface area contributed by atoms with E-state index in [9.17, 15) is 14.4 Å². The molecule has 8 heteroatoms. The van der Waals surface area contributed by atoms with Gasteiger partial charge in [0.2, 0.25) is 6.79 Å². The predicted octanol–water partition coefficient (Wildman–Crippen LogP) is 2.89. The molecule has 1 atom stereocenters. The normalized spacial score (nSPS) is 18.4. The molecule has 1 N–H and O–H groups in total. The van der Waals surface area contributed by atoms with Crippen molar-refractivity contribution in [2.24, 2.45) is 0 Å². The van der Waals surface area contributed by atoms with E-state index in [1.807, 2.05) is 18.4 Å². The summed E-state index contributed by atoms with van der Waals surface area (Å²) < 4.78 is 11.0. The Morgan fingerprint density at radius 2 is 1.81 bits per heavy atom. The summed E-state index contributed by atoms with van der Waals surface area (Å²) in [6.07, 6.45) is 4.65. The lowest BCUT2D eigenvalue weighted by molar-refractivity contribution is -0.118. The summed E-state index contributed by atoms with van der Waals surface area (Å²) in [4.78, 5) is 40.6. The number of hydrogen-bond acceptors (Lipinski definition) is 7. The Hall–Kier alpha value is -3.26. The number of hydrogen-bond donors (Lipinski definition) is 1. The first-order valence-corrected chi connectivity index (χ1v) is 11.9. The van der Waals surface area contributed by atoms with Crippen LogP contribution >= 0.6 is 11.8 Å². The first kappa shape index (κ1) is 20.6. The molecule has 3 heterocycles. The van der Waals surface area contributed by atoms with Gasteiger partial charge in [0.05, 0.1) is 11.1 Å². The number of nitrogens with one attached hydrogen (secondary N) is 1. The molecule has 32 heavy (non-hydrogen) atoms. The standard InChI is InChI=1S/C24H22N2O5S/c1-32-9-7-19(26-23(28)15-4-2-3-5-16(15)24(26)29)20(27)12-18-17-11-22-21(30-13-31-22)10-14(17)6-8-25-18/h2-5,10-12,19,25H,6-9,13H2,1H3/b18-12-/t19-/m1/s1. The quantitative estimate of drug-likeness (QED) is 0.535. The second-order valence-corrected chi connectivity index (χ2v) is 8.81. The van der Waals surface area contributed by atoms with Gasteiger partial charge in [-0.1, -0.05) is 12.1 Å². The Bertz CT molecular complexity index is 1120. The molecule has 3 aliphatic rings. The van der Waals surface area contributed by atoms with Gasteiger partial charge in [-0.05, 0) is 54.7 Å². The Balaban J connectivity index is 1.49. The molecule has 164 valence electrons. The van der Waals surface area contributed by atoms with Crippen molar-refractivity contribution < 1.29 is 23.9 Å². The van der Waals surface area contributed by atoms with Crippen molar-refractivity contribution >= 4 is 35.1 Å². The number of carbonyl (C=O) groups excluding carboxylic acids is 3. The molecular weight excluding hydrogens is 428 g/mol. The monoisotopic (exact) mass is 450 g/mol. The van der Waals surface area contributed by atoms with Gasteiger partial charge in [0.25, 0.3) is 11.8 Å². The van der Waals surface area contributed by atoms with E-state index in [1.165, 1.54) is 6.08 Å². The summed E-state index contributed by atoms with van der Waals surface area (Å²) in [5.74, 6) is 0.898. The molecule has 5 rings (SSSR count). The number of amides is 2. The van der Waals surface area contributed by atoms with E-state index in [1.54, 1.807) is 36.0 Å². The molecule has 2 aromatic rings. The molecule has 0 fully saturated rings. The highest BCUT2D eigenvalue weighted by atomic mass is 32.2. The number of imide groups is 1. The topological polar surface area (TPSA) is 84.9 Å². The number of benzene rings is 2. The summed E-state index contributed by atoms with van der Waals surface area (Å²) in [6, 6.07) is 9.68. The zero-order valence-corrected chi connectivity index (χ0v) is 18.4. The van der Waals surface area contributed by atoms with Crippen LogP contribution in [0.4, 0.5) is 0 Å². The molecule has 0 saturated carbocycles. The lowest BCUT2D eigenvalue weighted by atomic mass is 9.95. The van der Waals surface area contributed by atoms with E-state index in [0.29, 0.717) is 47.0 Å². The Morgan fingerprint density at radius 3 is 2.50 bits per heavy atom. The number of ether oxygens (including phenoxy) is 2. The number of nitrogens with zero attached hydrogens (tertiary/aromatic N) is 1. The van der Waals surface area contributed by atoms with Crippen LogP contribution in [-0.4, -0.2) is 53.9 Å². The highest BCUT2D eigenvalue weighted by molar-refractivity contribution is 7.98. The molecule has 0 aliphatic carbocycles. The van der Waals surface area contributed by atoms with E-state index < -0.39 is 17.9 Å². The summed E-state index contributed by atoms with van der Waals surface area (Å²) >= 11 is 1.57. The average Bonchev–Trinajstić information content (AvgIpc) is 3.36. The number of carbonyl (C=O) groups is 3. The second-order valence-electron chi connectivity index (χ2n) is 7.82. The van der Waals surface area contributed by atoms with E-state index in [-0.39, 0.29) is 12.6 Å². The van der Waals surface area contributed by atoms with E-state index in [2.05, 4.69) is 5.32 Å². The van der Waals surface area contributed by atoms with Gasteiger partial charge >= 0.3 is 0 Å². The molecule has 2 aromatic carbocycles. The molecule has 7 nitrogen and oxygen atoms in total. The molecule has 0 spiro atoms. The van der Waals surface area contributed by atoms with Crippen molar-refractivity contribution in [3.63, 3.8) is 0 Å². The maximum Gasteiger partial charge on any atom is 0.262 e. The maximum absolute atomic E-state index is 13.5.